The molecule has 0 spiro atoms. The molecule has 0 saturated carbocycles. The Morgan fingerprint density at radius 2 is 2.09 bits per heavy atom. The van der Waals surface area contributed by atoms with Crippen LogP contribution >= 0.6 is 0 Å². The third-order valence-electron chi connectivity index (χ3n) is 3.18. The number of Topliss-reactive ketones (excluding diaryl/α,β-unsaturated/α-hetero) is 1. The van der Waals surface area contributed by atoms with Gasteiger partial charge in [0.25, 0.3) is 0 Å². The van der Waals surface area contributed by atoms with Gasteiger partial charge in [-0.05, 0) is 24.3 Å². The van der Waals surface area contributed by atoms with Crippen LogP contribution in [0.15, 0.2) is 28.7 Å². The molecule has 6 nitrogen and oxygen atoms in total. The molecule has 0 radical (unpaired) electrons. The average Bonchev–Trinajstić information content (AvgIpc) is 2.79. The van der Waals surface area contributed by atoms with Gasteiger partial charge >= 0.3 is 6.61 Å². The zero-order chi connectivity index (χ0) is 16.8. The van der Waals surface area contributed by atoms with E-state index in [1.807, 2.05) is 0 Å². The normalized spacial score (nSPS) is 14.8. The number of benzene rings is 1. The number of fused-ring (bicyclic) bond motifs is 3. The summed E-state index contributed by atoms with van der Waals surface area (Å²) in [6, 6.07) is 4.32. The maximum absolute atomic E-state index is 12.4. The molecule has 122 valence electrons. The van der Waals surface area contributed by atoms with Crippen LogP contribution < -0.4 is 4.72 Å². The van der Waals surface area contributed by atoms with Crippen molar-refractivity contribution in [2.24, 2.45) is 0 Å². The van der Waals surface area contributed by atoms with Gasteiger partial charge in [0.1, 0.15) is 5.58 Å². The van der Waals surface area contributed by atoms with Crippen LogP contribution in [0.4, 0.5) is 14.5 Å². The minimum Gasteiger partial charge on any atom is -0.452 e. The molecule has 1 aromatic carbocycles. The summed E-state index contributed by atoms with van der Waals surface area (Å²) in [6.07, 6.45) is 2.12. The van der Waals surface area contributed by atoms with E-state index in [0.717, 1.165) is 6.26 Å². The lowest BCUT2D eigenvalue weighted by Crippen LogP contribution is -2.10. The number of allylic oxidation sites excluding steroid dienone is 1. The molecule has 3 rings (SSSR count). The quantitative estimate of drug-likeness (QED) is 0.922. The molecule has 0 saturated heterocycles. The van der Waals surface area contributed by atoms with Crippen LogP contribution in [0.25, 0.3) is 16.7 Å². The highest BCUT2D eigenvalue weighted by Gasteiger charge is 2.29. The Bertz CT molecular complexity index is 930. The van der Waals surface area contributed by atoms with Gasteiger partial charge in [-0.1, -0.05) is 0 Å². The molecular weight excluding hydrogens is 332 g/mol. The molecule has 0 aliphatic heterocycles. The van der Waals surface area contributed by atoms with Crippen molar-refractivity contribution < 1.29 is 31.1 Å². The molecule has 23 heavy (non-hydrogen) atoms. The van der Waals surface area contributed by atoms with Crippen molar-refractivity contribution in [1.82, 2.24) is 0 Å². The third-order valence-corrected chi connectivity index (χ3v) is 3.79. The number of hydrogen-bond donors (Lipinski definition) is 1. The fraction of sp³-hybridized carbons (Fsp3) is 0.214. The first-order valence-electron chi connectivity index (χ1n) is 6.47. The van der Waals surface area contributed by atoms with Gasteiger partial charge in [-0.25, -0.2) is 8.42 Å². The van der Waals surface area contributed by atoms with E-state index in [1.54, 1.807) is 0 Å². The molecule has 0 amide bonds. The molecule has 0 atom stereocenters. The van der Waals surface area contributed by atoms with E-state index < -0.39 is 16.6 Å². The lowest BCUT2D eigenvalue weighted by Gasteiger charge is -2.12. The highest BCUT2D eigenvalue weighted by Crippen LogP contribution is 2.37. The van der Waals surface area contributed by atoms with E-state index in [-0.39, 0.29) is 40.6 Å². The lowest BCUT2D eigenvalue weighted by molar-refractivity contribution is -0.0726. The van der Waals surface area contributed by atoms with E-state index in [0.29, 0.717) is 5.39 Å². The summed E-state index contributed by atoms with van der Waals surface area (Å²) in [4.78, 5) is 12.1. The number of hydrogen-bond acceptors (Lipinski definition) is 5. The summed E-state index contributed by atoms with van der Waals surface area (Å²) < 4.78 is 59.6. The van der Waals surface area contributed by atoms with Crippen LogP contribution in [0.2, 0.25) is 0 Å². The van der Waals surface area contributed by atoms with E-state index in [9.17, 15) is 22.0 Å². The predicted octanol–water partition coefficient (Wildman–Crippen LogP) is 2.97. The van der Waals surface area contributed by atoms with Gasteiger partial charge in [-0.2, -0.15) is 8.78 Å². The van der Waals surface area contributed by atoms with Gasteiger partial charge in [0, 0.05) is 17.5 Å². The minimum absolute atomic E-state index is 0.0759. The first-order valence-corrected chi connectivity index (χ1v) is 8.36. The predicted molar refractivity (Wildman–Crippen MR) is 78.7 cm³/mol. The van der Waals surface area contributed by atoms with Crippen molar-refractivity contribution >= 4 is 38.2 Å². The first-order chi connectivity index (χ1) is 10.7. The Hall–Kier alpha value is -2.42. The standard InChI is InChI=1S/C14H11F2NO5S/c1-23(19,20)17-7-2-4-10-8(6-7)12-9(18)3-5-11(13(12)21-10)22-14(15)16/h2,4-6,14,17H,3H2,1H3. The number of carbonyl (C=O) groups excluding carboxylic acids is 1. The molecular formula is C14H11F2NO5S. The summed E-state index contributed by atoms with van der Waals surface area (Å²) in [5.41, 5.74) is 0.616. The molecule has 1 heterocycles. The van der Waals surface area contributed by atoms with E-state index >= 15 is 0 Å². The van der Waals surface area contributed by atoms with Gasteiger partial charge in [0.2, 0.25) is 10.0 Å². The van der Waals surface area contributed by atoms with Crippen LogP contribution in [0.5, 0.6) is 0 Å². The van der Waals surface area contributed by atoms with Crippen molar-refractivity contribution in [2.75, 3.05) is 11.0 Å². The number of furan rings is 1. The molecule has 9 heteroatoms. The second kappa shape index (κ2) is 5.34. The maximum atomic E-state index is 12.4. The molecule has 0 fully saturated rings. The van der Waals surface area contributed by atoms with Crippen LogP contribution in [-0.4, -0.2) is 27.1 Å². The molecule has 2 aromatic rings. The number of ether oxygens (including phenoxy) is 1. The van der Waals surface area contributed by atoms with Crippen molar-refractivity contribution in [2.45, 2.75) is 13.0 Å². The van der Waals surface area contributed by atoms with Gasteiger partial charge in [-0.15, -0.1) is 0 Å². The number of sulfonamides is 1. The molecule has 1 aliphatic carbocycles. The van der Waals surface area contributed by atoms with E-state index in [2.05, 4.69) is 9.46 Å². The highest BCUT2D eigenvalue weighted by atomic mass is 32.2. The van der Waals surface area contributed by atoms with Crippen LogP contribution in [-0.2, 0) is 14.8 Å². The van der Waals surface area contributed by atoms with Crippen LogP contribution in [0, 0.1) is 0 Å². The molecule has 0 unspecified atom stereocenters. The Kier molecular flexibility index (Phi) is 3.59. The summed E-state index contributed by atoms with van der Waals surface area (Å²) in [5, 5.41) is 0.335. The number of ketones is 1. The minimum atomic E-state index is -3.49. The van der Waals surface area contributed by atoms with Gasteiger partial charge in [0.05, 0.1) is 11.8 Å². The van der Waals surface area contributed by atoms with Crippen molar-refractivity contribution in [1.29, 1.82) is 0 Å². The fourth-order valence-electron chi connectivity index (χ4n) is 2.40. The Morgan fingerprint density at radius 1 is 1.35 bits per heavy atom. The Labute approximate surface area is 129 Å². The number of rotatable bonds is 4. The van der Waals surface area contributed by atoms with Crippen molar-refractivity contribution in [3.63, 3.8) is 0 Å². The number of anilines is 1. The van der Waals surface area contributed by atoms with Crippen LogP contribution in [0.1, 0.15) is 22.5 Å². The second-order valence-corrected chi connectivity index (χ2v) is 6.71. The fourth-order valence-corrected chi connectivity index (χ4v) is 2.96. The molecule has 1 aromatic heterocycles. The summed E-state index contributed by atoms with van der Waals surface area (Å²) >= 11 is 0. The first kappa shape index (κ1) is 15.5. The van der Waals surface area contributed by atoms with Crippen LogP contribution in [0.3, 0.4) is 0 Å². The number of alkyl halides is 2. The Balaban J connectivity index is 2.14. The molecule has 0 bridgehead atoms. The maximum Gasteiger partial charge on any atom is 0.387 e. The summed E-state index contributed by atoms with van der Waals surface area (Å²) in [5.74, 6) is -0.603. The average molecular weight is 343 g/mol. The zero-order valence-corrected chi connectivity index (χ0v) is 12.6. The topological polar surface area (TPSA) is 85.6 Å². The number of carbonyl (C=O) groups is 1. The van der Waals surface area contributed by atoms with Crippen molar-refractivity contribution in [3.8, 4) is 0 Å². The SMILES string of the molecule is CS(=O)(=O)Nc1ccc2oc3c(c2c1)C(=O)CC=C3OC(F)F. The van der Waals surface area contributed by atoms with E-state index in [1.165, 1.54) is 24.3 Å². The lowest BCUT2D eigenvalue weighted by atomic mass is 9.98. The third kappa shape index (κ3) is 3.04. The number of nitrogens with one attached hydrogen (secondary N) is 1. The molecule has 1 N–H and O–H groups in total. The Morgan fingerprint density at radius 3 is 2.74 bits per heavy atom. The van der Waals surface area contributed by atoms with Gasteiger partial charge < -0.3 is 9.15 Å². The summed E-state index contributed by atoms with van der Waals surface area (Å²) in [6.45, 7) is -3.04. The number of halogens is 2. The van der Waals surface area contributed by atoms with E-state index in [4.69, 9.17) is 4.42 Å². The zero-order valence-electron chi connectivity index (χ0n) is 11.8. The summed E-state index contributed by atoms with van der Waals surface area (Å²) in [7, 11) is -3.49. The molecule has 1 aliphatic rings. The second-order valence-electron chi connectivity index (χ2n) is 4.97. The van der Waals surface area contributed by atoms with Gasteiger partial charge in [0.15, 0.2) is 17.3 Å². The van der Waals surface area contributed by atoms with Gasteiger partial charge in [-0.3, -0.25) is 9.52 Å². The smallest absolute Gasteiger partial charge is 0.387 e. The van der Waals surface area contributed by atoms with Crippen molar-refractivity contribution in [3.05, 3.63) is 35.6 Å². The largest absolute Gasteiger partial charge is 0.452 e. The highest BCUT2D eigenvalue weighted by molar-refractivity contribution is 7.92. The monoisotopic (exact) mass is 343 g/mol.